The molecule has 1 aromatic rings. The highest BCUT2D eigenvalue weighted by Crippen LogP contribution is 2.25. The van der Waals surface area contributed by atoms with E-state index in [0.29, 0.717) is 5.75 Å². The maximum Gasteiger partial charge on any atom is 0.173 e. The largest absolute Gasteiger partial charge is 0.490 e. The van der Waals surface area contributed by atoms with E-state index in [2.05, 4.69) is 21.2 Å². The fourth-order valence-electron chi connectivity index (χ4n) is 1.96. The maximum atomic E-state index is 11.2. The second-order valence-electron chi connectivity index (χ2n) is 5.07. The molecule has 0 bridgehead atoms. The summed E-state index contributed by atoms with van der Waals surface area (Å²) in [6.45, 7) is 2.39. The van der Waals surface area contributed by atoms with Gasteiger partial charge >= 0.3 is 0 Å². The summed E-state index contributed by atoms with van der Waals surface area (Å²) < 4.78 is 28.9. The van der Waals surface area contributed by atoms with Gasteiger partial charge in [0.1, 0.15) is 18.5 Å². The fourth-order valence-corrected chi connectivity index (χ4v) is 3.84. The number of aryl methyl sites for hydroxylation is 1. The lowest BCUT2D eigenvalue weighted by molar-refractivity contribution is 0.105. The number of benzene rings is 1. The topological polar surface area (TPSA) is 75.6 Å². The molecule has 116 valence electrons. The molecule has 1 aliphatic heterocycles. The molecule has 1 aliphatic rings. The average Bonchev–Trinajstić information content (AvgIpc) is 2.75. The van der Waals surface area contributed by atoms with Crippen LogP contribution in [0.4, 0.5) is 0 Å². The predicted octanol–water partition coefficient (Wildman–Crippen LogP) is 1.40. The van der Waals surface area contributed by atoms with E-state index >= 15 is 0 Å². The van der Waals surface area contributed by atoms with Crippen LogP contribution in [0.5, 0.6) is 5.75 Å². The highest BCUT2D eigenvalue weighted by atomic mass is 79.9. The number of sulfone groups is 1. The smallest absolute Gasteiger partial charge is 0.173 e. The summed E-state index contributed by atoms with van der Waals surface area (Å²) in [5.74, 6) is 0.715. The number of hydrogen-bond acceptors (Lipinski definition) is 5. The van der Waals surface area contributed by atoms with Gasteiger partial charge < -0.3 is 15.2 Å². The summed E-state index contributed by atoms with van der Waals surface area (Å²) in [6, 6.07) is 5.47. The van der Waals surface area contributed by atoms with Crippen molar-refractivity contribution in [3.05, 3.63) is 39.7 Å². The lowest BCUT2D eigenvalue weighted by Crippen LogP contribution is -2.38. The Balaban J connectivity index is 1.75. The van der Waals surface area contributed by atoms with Gasteiger partial charge in [0, 0.05) is 18.0 Å². The molecule has 2 atom stereocenters. The molecule has 1 heterocycles. The quantitative estimate of drug-likeness (QED) is 0.785. The minimum absolute atomic E-state index is 0.0457. The second-order valence-corrected chi connectivity index (χ2v) is 7.86. The van der Waals surface area contributed by atoms with E-state index < -0.39 is 15.9 Å². The van der Waals surface area contributed by atoms with Crippen molar-refractivity contribution in [3.63, 3.8) is 0 Å². The summed E-state index contributed by atoms with van der Waals surface area (Å²) in [4.78, 5) is 0. The first-order valence-electron chi connectivity index (χ1n) is 6.57. The summed E-state index contributed by atoms with van der Waals surface area (Å²) in [5, 5.41) is 14.1. The molecule has 7 heteroatoms. The van der Waals surface area contributed by atoms with Crippen molar-refractivity contribution in [1.82, 2.24) is 5.32 Å². The van der Waals surface area contributed by atoms with E-state index in [1.54, 1.807) is 6.08 Å². The summed E-state index contributed by atoms with van der Waals surface area (Å²) in [5.41, 5.74) is 1.12. The van der Waals surface area contributed by atoms with Gasteiger partial charge in [-0.15, -0.1) is 0 Å². The van der Waals surface area contributed by atoms with Gasteiger partial charge in [0.05, 0.1) is 10.2 Å². The molecule has 0 aromatic heterocycles. The van der Waals surface area contributed by atoms with Gasteiger partial charge in [-0.3, -0.25) is 0 Å². The van der Waals surface area contributed by atoms with Crippen LogP contribution in [0.1, 0.15) is 5.56 Å². The molecular formula is C14H18BrNO4S. The van der Waals surface area contributed by atoms with E-state index in [9.17, 15) is 13.5 Å². The molecular weight excluding hydrogens is 358 g/mol. The summed E-state index contributed by atoms with van der Waals surface area (Å²) >= 11 is 3.40. The molecule has 0 fully saturated rings. The first-order chi connectivity index (χ1) is 9.85. The van der Waals surface area contributed by atoms with Crippen LogP contribution in [0.3, 0.4) is 0 Å². The van der Waals surface area contributed by atoms with Crippen molar-refractivity contribution in [2.75, 3.05) is 18.9 Å². The fraction of sp³-hybridized carbons (Fsp3) is 0.429. The van der Waals surface area contributed by atoms with Crippen molar-refractivity contribution >= 4 is 25.8 Å². The van der Waals surface area contributed by atoms with E-state index in [4.69, 9.17) is 4.74 Å². The first kappa shape index (κ1) is 16.5. The molecule has 2 unspecified atom stereocenters. The standard InChI is InChI=1S/C14H18BrNO4S/c1-10-2-3-14(13(15)6-10)20-8-12(17)7-16-11-4-5-21(18,19)9-11/h2-6,11-12,16-17H,7-9H2,1H3. The number of halogens is 1. The molecule has 2 N–H and O–H groups in total. The monoisotopic (exact) mass is 375 g/mol. The SMILES string of the molecule is Cc1ccc(OCC(O)CNC2C=CS(=O)(=O)C2)c(Br)c1. The van der Waals surface area contributed by atoms with Crippen molar-refractivity contribution in [2.24, 2.45) is 0 Å². The van der Waals surface area contributed by atoms with Crippen LogP contribution in [0.15, 0.2) is 34.2 Å². The third-order valence-electron chi connectivity index (χ3n) is 3.06. The first-order valence-corrected chi connectivity index (χ1v) is 9.08. The van der Waals surface area contributed by atoms with Gasteiger partial charge in [0.2, 0.25) is 0 Å². The van der Waals surface area contributed by atoms with Crippen LogP contribution in [0.2, 0.25) is 0 Å². The Bertz CT molecular complexity index is 630. The molecule has 5 nitrogen and oxygen atoms in total. The van der Waals surface area contributed by atoms with Crippen LogP contribution >= 0.6 is 15.9 Å². The number of rotatable bonds is 6. The molecule has 0 saturated carbocycles. The number of nitrogens with one attached hydrogen (secondary N) is 1. The molecule has 0 amide bonds. The molecule has 1 aromatic carbocycles. The maximum absolute atomic E-state index is 11.2. The Kier molecular flexibility index (Phi) is 5.43. The third-order valence-corrected chi connectivity index (χ3v) is 5.08. The molecule has 21 heavy (non-hydrogen) atoms. The minimum Gasteiger partial charge on any atom is -0.490 e. The highest BCUT2D eigenvalue weighted by molar-refractivity contribution is 9.10. The van der Waals surface area contributed by atoms with Gasteiger partial charge in [0.25, 0.3) is 0 Å². The Morgan fingerprint density at radius 2 is 2.29 bits per heavy atom. The number of hydrogen-bond donors (Lipinski definition) is 2. The Morgan fingerprint density at radius 1 is 1.52 bits per heavy atom. The van der Waals surface area contributed by atoms with Crippen molar-refractivity contribution < 1.29 is 18.3 Å². The molecule has 0 radical (unpaired) electrons. The number of aliphatic hydroxyl groups is 1. The predicted molar refractivity (Wildman–Crippen MR) is 85.1 cm³/mol. The number of aliphatic hydroxyl groups excluding tert-OH is 1. The zero-order valence-corrected chi connectivity index (χ0v) is 14.0. The van der Waals surface area contributed by atoms with Crippen LogP contribution in [0.25, 0.3) is 0 Å². The molecule has 0 spiro atoms. The zero-order chi connectivity index (χ0) is 15.5. The van der Waals surface area contributed by atoms with Crippen molar-refractivity contribution in [3.8, 4) is 5.75 Å². The minimum atomic E-state index is -3.07. The zero-order valence-electron chi connectivity index (χ0n) is 11.6. The molecule has 0 aliphatic carbocycles. The van der Waals surface area contributed by atoms with Crippen molar-refractivity contribution in [2.45, 2.75) is 19.1 Å². The normalized spacial score (nSPS) is 21.4. The lowest BCUT2D eigenvalue weighted by Gasteiger charge is -2.16. The Morgan fingerprint density at radius 3 is 2.90 bits per heavy atom. The van der Waals surface area contributed by atoms with Crippen LogP contribution in [0, 0.1) is 6.92 Å². The Hall–Kier alpha value is -0.890. The van der Waals surface area contributed by atoms with Gasteiger partial charge in [-0.05, 0) is 40.5 Å². The van der Waals surface area contributed by atoms with Crippen LogP contribution in [-0.4, -0.2) is 44.6 Å². The average molecular weight is 376 g/mol. The van der Waals surface area contributed by atoms with Gasteiger partial charge in [0.15, 0.2) is 9.84 Å². The van der Waals surface area contributed by atoms with Crippen LogP contribution < -0.4 is 10.1 Å². The van der Waals surface area contributed by atoms with Crippen molar-refractivity contribution in [1.29, 1.82) is 0 Å². The molecule has 0 saturated heterocycles. The van der Waals surface area contributed by atoms with E-state index in [1.807, 2.05) is 25.1 Å². The van der Waals surface area contributed by atoms with E-state index in [0.717, 1.165) is 10.0 Å². The van der Waals surface area contributed by atoms with E-state index in [-0.39, 0.29) is 24.9 Å². The van der Waals surface area contributed by atoms with Gasteiger partial charge in [-0.25, -0.2) is 8.42 Å². The third kappa shape index (κ3) is 5.10. The summed E-state index contributed by atoms with van der Waals surface area (Å²) in [7, 11) is -3.07. The lowest BCUT2D eigenvalue weighted by atomic mass is 10.2. The number of ether oxygens (including phenoxy) is 1. The highest BCUT2D eigenvalue weighted by Gasteiger charge is 2.21. The summed E-state index contributed by atoms with van der Waals surface area (Å²) in [6.07, 6.45) is 0.884. The Labute approximate surface area is 133 Å². The molecule has 2 rings (SSSR count). The second kappa shape index (κ2) is 6.91. The van der Waals surface area contributed by atoms with E-state index in [1.165, 1.54) is 5.41 Å². The van der Waals surface area contributed by atoms with Gasteiger partial charge in [-0.1, -0.05) is 12.1 Å². The van der Waals surface area contributed by atoms with Crippen LogP contribution in [-0.2, 0) is 9.84 Å². The van der Waals surface area contributed by atoms with Gasteiger partial charge in [-0.2, -0.15) is 0 Å².